The number of benzene rings is 2. The number of para-hydroxylation sites is 1. The van der Waals surface area contributed by atoms with Gasteiger partial charge < -0.3 is 0 Å². The molecule has 1 aromatic heterocycles. The van der Waals surface area contributed by atoms with Gasteiger partial charge in [0.15, 0.2) is 5.13 Å². The predicted octanol–water partition coefficient (Wildman–Crippen LogP) is 4.88. The van der Waals surface area contributed by atoms with Gasteiger partial charge in [0.05, 0.1) is 10.2 Å². The van der Waals surface area contributed by atoms with Gasteiger partial charge in [-0.1, -0.05) is 29.5 Å². The highest BCUT2D eigenvalue weighted by Gasteiger charge is 2.20. The Labute approximate surface area is 147 Å². The van der Waals surface area contributed by atoms with Crippen molar-refractivity contribution in [3.63, 3.8) is 0 Å². The van der Waals surface area contributed by atoms with E-state index >= 15 is 0 Å². The molecule has 5 heteroatoms. The van der Waals surface area contributed by atoms with Crippen LogP contribution >= 0.6 is 33.9 Å². The largest absolute Gasteiger partial charge is 0.284 e. The zero-order valence-corrected chi connectivity index (χ0v) is 15.3. The molecule has 1 amide bonds. The average molecular weight is 422 g/mol. The fourth-order valence-corrected chi connectivity index (χ4v) is 3.98. The van der Waals surface area contributed by atoms with Crippen LogP contribution in [0, 0.1) is 10.5 Å². The predicted molar refractivity (Wildman–Crippen MR) is 101 cm³/mol. The van der Waals surface area contributed by atoms with Crippen molar-refractivity contribution in [2.75, 3.05) is 11.4 Å². The summed E-state index contributed by atoms with van der Waals surface area (Å²) in [5.74, 6) is -0.00211. The van der Waals surface area contributed by atoms with Gasteiger partial charge in [-0.3, -0.25) is 9.69 Å². The third kappa shape index (κ3) is 2.87. The van der Waals surface area contributed by atoms with E-state index in [1.165, 1.54) is 0 Å². The summed E-state index contributed by atoms with van der Waals surface area (Å²) in [6.07, 6.45) is 0. The van der Waals surface area contributed by atoms with E-state index in [4.69, 9.17) is 0 Å². The van der Waals surface area contributed by atoms with Gasteiger partial charge in [-0.15, -0.1) is 0 Å². The van der Waals surface area contributed by atoms with Gasteiger partial charge in [0.2, 0.25) is 0 Å². The Balaban J connectivity index is 2.02. The summed E-state index contributed by atoms with van der Waals surface area (Å²) in [5.41, 5.74) is 2.82. The fourth-order valence-electron chi connectivity index (χ4n) is 2.33. The Bertz CT molecular complexity index is 844. The maximum Gasteiger partial charge on any atom is 0.260 e. The Kier molecular flexibility index (Phi) is 4.44. The van der Waals surface area contributed by atoms with Gasteiger partial charge in [-0.25, -0.2) is 4.98 Å². The normalized spacial score (nSPS) is 10.9. The summed E-state index contributed by atoms with van der Waals surface area (Å²) in [7, 11) is 0. The highest BCUT2D eigenvalue weighted by atomic mass is 127. The highest BCUT2D eigenvalue weighted by Crippen LogP contribution is 2.31. The van der Waals surface area contributed by atoms with Crippen molar-refractivity contribution >= 4 is 55.2 Å². The number of amides is 1. The lowest BCUT2D eigenvalue weighted by atomic mass is 10.2. The molecular formula is C17H15IN2OS. The zero-order valence-electron chi connectivity index (χ0n) is 12.3. The van der Waals surface area contributed by atoms with E-state index in [1.807, 2.05) is 56.3 Å². The molecule has 0 fully saturated rings. The van der Waals surface area contributed by atoms with Crippen LogP contribution in [0.2, 0.25) is 0 Å². The minimum Gasteiger partial charge on any atom is -0.284 e. The summed E-state index contributed by atoms with van der Waals surface area (Å²) < 4.78 is 2.17. The molecule has 0 unspecified atom stereocenters. The summed E-state index contributed by atoms with van der Waals surface area (Å²) in [6, 6.07) is 13.8. The first kappa shape index (κ1) is 15.4. The van der Waals surface area contributed by atoms with Crippen molar-refractivity contribution in [2.45, 2.75) is 13.8 Å². The smallest absolute Gasteiger partial charge is 0.260 e. The lowest BCUT2D eigenvalue weighted by molar-refractivity contribution is 0.0988. The molecule has 3 rings (SSSR count). The standard InChI is InChI=1S/C17H15IN2OS/c1-3-20(16(21)12-7-5-8-13(18)10-12)17-19-15-11(2)6-4-9-14(15)22-17/h4-10H,3H2,1-2H3. The molecule has 0 spiro atoms. The summed E-state index contributed by atoms with van der Waals surface area (Å²) >= 11 is 3.78. The number of aryl methyl sites for hydroxylation is 1. The Morgan fingerprint density at radius 1 is 1.27 bits per heavy atom. The molecule has 0 aliphatic heterocycles. The van der Waals surface area contributed by atoms with E-state index in [0.717, 1.165) is 24.5 Å². The van der Waals surface area contributed by atoms with Crippen LogP contribution in [0.4, 0.5) is 5.13 Å². The molecule has 0 aliphatic rings. The molecule has 1 heterocycles. The van der Waals surface area contributed by atoms with E-state index in [2.05, 4.69) is 27.6 Å². The first-order valence-corrected chi connectivity index (χ1v) is 8.93. The first-order chi connectivity index (χ1) is 10.6. The van der Waals surface area contributed by atoms with E-state index in [1.54, 1.807) is 16.2 Å². The Hall–Kier alpha value is -1.47. The van der Waals surface area contributed by atoms with Gasteiger partial charge in [0, 0.05) is 15.7 Å². The van der Waals surface area contributed by atoms with Crippen molar-refractivity contribution < 1.29 is 4.79 Å². The lowest BCUT2D eigenvalue weighted by Gasteiger charge is -2.17. The number of rotatable bonds is 3. The van der Waals surface area contributed by atoms with E-state index < -0.39 is 0 Å². The van der Waals surface area contributed by atoms with Crippen LogP contribution in [-0.4, -0.2) is 17.4 Å². The Morgan fingerprint density at radius 3 is 2.73 bits per heavy atom. The molecule has 0 saturated heterocycles. The van der Waals surface area contributed by atoms with Crippen molar-refractivity contribution in [3.05, 3.63) is 57.2 Å². The topological polar surface area (TPSA) is 33.2 Å². The number of halogens is 1. The molecule has 112 valence electrons. The minimum absolute atomic E-state index is 0.00211. The second-order valence-corrected chi connectivity index (χ2v) is 7.23. The molecule has 22 heavy (non-hydrogen) atoms. The van der Waals surface area contributed by atoms with Gasteiger partial charge in [-0.2, -0.15) is 0 Å². The monoisotopic (exact) mass is 422 g/mol. The molecule has 3 aromatic rings. The van der Waals surface area contributed by atoms with Crippen LogP contribution < -0.4 is 4.90 Å². The zero-order chi connectivity index (χ0) is 15.7. The van der Waals surface area contributed by atoms with Gasteiger partial charge >= 0.3 is 0 Å². The maximum atomic E-state index is 12.8. The summed E-state index contributed by atoms with van der Waals surface area (Å²) in [4.78, 5) is 19.2. The number of carbonyl (C=O) groups is 1. The van der Waals surface area contributed by atoms with Crippen LogP contribution in [0.15, 0.2) is 42.5 Å². The van der Waals surface area contributed by atoms with Gasteiger partial charge in [-0.05, 0) is 66.3 Å². The van der Waals surface area contributed by atoms with Crippen LogP contribution in [0.3, 0.4) is 0 Å². The highest BCUT2D eigenvalue weighted by molar-refractivity contribution is 14.1. The first-order valence-electron chi connectivity index (χ1n) is 7.03. The minimum atomic E-state index is -0.00211. The van der Waals surface area contributed by atoms with Crippen molar-refractivity contribution in [1.82, 2.24) is 4.98 Å². The number of thiazole rings is 1. The van der Waals surface area contributed by atoms with Crippen molar-refractivity contribution in [1.29, 1.82) is 0 Å². The molecule has 0 radical (unpaired) electrons. The van der Waals surface area contributed by atoms with E-state index in [9.17, 15) is 4.79 Å². The number of nitrogens with zero attached hydrogens (tertiary/aromatic N) is 2. The molecular weight excluding hydrogens is 407 g/mol. The molecule has 0 bridgehead atoms. The number of hydrogen-bond donors (Lipinski definition) is 0. The van der Waals surface area contributed by atoms with Crippen LogP contribution in [0.5, 0.6) is 0 Å². The lowest BCUT2D eigenvalue weighted by Crippen LogP contribution is -2.30. The van der Waals surface area contributed by atoms with Gasteiger partial charge in [0.1, 0.15) is 0 Å². The molecule has 0 atom stereocenters. The number of aromatic nitrogens is 1. The fraction of sp³-hybridized carbons (Fsp3) is 0.176. The third-order valence-corrected chi connectivity index (χ3v) is 5.19. The number of carbonyl (C=O) groups excluding carboxylic acids is 1. The van der Waals surface area contributed by atoms with Gasteiger partial charge in [0.25, 0.3) is 5.91 Å². The summed E-state index contributed by atoms with van der Waals surface area (Å²) in [6.45, 7) is 4.62. The van der Waals surface area contributed by atoms with E-state index in [0.29, 0.717) is 12.1 Å². The second kappa shape index (κ2) is 6.34. The summed E-state index contributed by atoms with van der Waals surface area (Å²) in [5, 5.41) is 0.760. The number of anilines is 1. The van der Waals surface area contributed by atoms with E-state index in [-0.39, 0.29) is 5.91 Å². The second-order valence-electron chi connectivity index (χ2n) is 4.98. The molecule has 2 aromatic carbocycles. The molecule has 3 nitrogen and oxygen atoms in total. The van der Waals surface area contributed by atoms with Crippen LogP contribution in [0.1, 0.15) is 22.8 Å². The molecule has 0 saturated carbocycles. The third-order valence-electron chi connectivity index (χ3n) is 3.47. The van der Waals surface area contributed by atoms with Crippen molar-refractivity contribution in [3.8, 4) is 0 Å². The average Bonchev–Trinajstić information content (AvgIpc) is 2.93. The quantitative estimate of drug-likeness (QED) is 0.564. The Morgan fingerprint density at radius 2 is 2.05 bits per heavy atom. The van der Waals surface area contributed by atoms with Crippen LogP contribution in [0.25, 0.3) is 10.2 Å². The van der Waals surface area contributed by atoms with Crippen LogP contribution in [-0.2, 0) is 0 Å². The van der Waals surface area contributed by atoms with Crippen molar-refractivity contribution in [2.24, 2.45) is 0 Å². The maximum absolute atomic E-state index is 12.8. The molecule has 0 N–H and O–H groups in total. The molecule has 0 aliphatic carbocycles. The number of hydrogen-bond acceptors (Lipinski definition) is 3. The number of fused-ring (bicyclic) bond motifs is 1. The SMILES string of the molecule is CCN(C(=O)c1cccc(I)c1)c1nc2c(C)cccc2s1.